The van der Waals surface area contributed by atoms with Crippen molar-refractivity contribution in [1.29, 1.82) is 0 Å². The average Bonchev–Trinajstić information content (AvgIpc) is 3.35. The second-order valence-electron chi connectivity index (χ2n) is 7.34. The summed E-state index contributed by atoms with van der Waals surface area (Å²) in [5, 5.41) is 2.81. The number of nitrogens with one attached hydrogen (secondary N) is 1. The Labute approximate surface area is 179 Å². The van der Waals surface area contributed by atoms with Gasteiger partial charge in [-0.25, -0.2) is 8.42 Å². The molecule has 0 bridgehead atoms. The molecule has 1 aliphatic rings. The number of hydrogen-bond donors (Lipinski definition) is 1. The molecule has 1 aromatic heterocycles. The van der Waals surface area contributed by atoms with Crippen molar-refractivity contribution < 1.29 is 13.2 Å². The minimum absolute atomic E-state index is 0.0359. The fourth-order valence-electron chi connectivity index (χ4n) is 3.73. The maximum Gasteiger partial charge on any atom is 0.308 e. The van der Waals surface area contributed by atoms with Gasteiger partial charge in [-0.05, 0) is 62.6 Å². The van der Waals surface area contributed by atoms with Crippen LogP contribution in [0.5, 0.6) is 0 Å². The molecule has 0 aliphatic carbocycles. The van der Waals surface area contributed by atoms with Crippen LogP contribution in [-0.2, 0) is 16.6 Å². The zero-order chi connectivity index (χ0) is 21.5. The molecule has 1 fully saturated rings. The van der Waals surface area contributed by atoms with Crippen LogP contribution in [-0.4, -0.2) is 36.3 Å². The monoisotopic (exact) mass is 445 g/mol. The lowest BCUT2D eigenvalue weighted by atomic mass is 10.1. The van der Waals surface area contributed by atoms with Gasteiger partial charge in [0, 0.05) is 30.9 Å². The van der Waals surface area contributed by atoms with Crippen LogP contribution in [0.1, 0.15) is 35.7 Å². The summed E-state index contributed by atoms with van der Waals surface area (Å²) in [6.45, 7) is 5.26. The van der Waals surface area contributed by atoms with E-state index in [0.717, 1.165) is 34.4 Å². The number of hydrogen-bond acceptors (Lipinski definition) is 5. The lowest BCUT2D eigenvalue weighted by Crippen LogP contribution is -2.28. The first kappa shape index (κ1) is 20.8. The molecule has 1 amide bonds. The Hall–Kier alpha value is -2.49. The summed E-state index contributed by atoms with van der Waals surface area (Å²) in [7, 11) is -3.61. The van der Waals surface area contributed by atoms with Gasteiger partial charge in [-0.1, -0.05) is 17.4 Å². The predicted molar refractivity (Wildman–Crippen MR) is 119 cm³/mol. The maximum absolute atomic E-state index is 13.0. The number of anilines is 1. The van der Waals surface area contributed by atoms with E-state index < -0.39 is 15.9 Å². The van der Waals surface area contributed by atoms with Crippen LogP contribution in [0.2, 0.25) is 0 Å². The Morgan fingerprint density at radius 3 is 2.57 bits per heavy atom. The summed E-state index contributed by atoms with van der Waals surface area (Å²) in [6, 6.07) is 10.1. The van der Waals surface area contributed by atoms with E-state index in [1.54, 1.807) is 35.8 Å². The summed E-state index contributed by atoms with van der Waals surface area (Å²) in [6.07, 6.45) is 1.71. The number of nitrogens with zero attached hydrogens (tertiary/aromatic N) is 2. The van der Waals surface area contributed by atoms with Crippen molar-refractivity contribution in [1.82, 2.24) is 8.87 Å². The van der Waals surface area contributed by atoms with E-state index in [4.69, 9.17) is 0 Å². The smallest absolute Gasteiger partial charge is 0.308 e. The molecular formula is C21H23N3O4S2. The van der Waals surface area contributed by atoms with Gasteiger partial charge in [0.15, 0.2) is 0 Å². The molecule has 30 heavy (non-hydrogen) atoms. The topological polar surface area (TPSA) is 88.5 Å². The summed E-state index contributed by atoms with van der Waals surface area (Å²) in [5.74, 6) is -0.394. The highest BCUT2D eigenvalue weighted by Gasteiger charge is 2.29. The van der Waals surface area contributed by atoms with E-state index in [9.17, 15) is 18.0 Å². The summed E-state index contributed by atoms with van der Waals surface area (Å²) >= 11 is 1.13. The molecule has 0 radical (unpaired) electrons. The lowest BCUT2D eigenvalue weighted by molar-refractivity contribution is 0.102. The van der Waals surface area contributed by atoms with Crippen molar-refractivity contribution in [3.05, 3.63) is 57.2 Å². The first-order valence-electron chi connectivity index (χ1n) is 9.87. The largest absolute Gasteiger partial charge is 0.322 e. The third-order valence-corrected chi connectivity index (χ3v) is 8.36. The zero-order valence-corrected chi connectivity index (χ0v) is 18.5. The fourth-order valence-corrected chi connectivity index (χ4v) is 6.50. The van der Waals surface area contributed by atoms with Crippen molar-refractivity contribution in [3.8, 4) is 0 Å². The Balaban J connectivity index is 1.62. The van der Waals surface area contributed by atoms with Crippen LogP contribution in [0.15, 0.2) is 46.1 Å². The molecule has 1 aliphatic heterocycles. The molecule has 2 aromatic carbocycles. The molecule has 4 rings (SSSR count). The normalized spacial score (nSPS) is 15.0. The van der Waals surface area contributed by atoms with Crippen molar-refractivity contribution in [2.75, 3.05) is 18.4 Å². The highest BCUT2D eigenvalue weighted by Crippen LogP contribution is 2.26. The molecule has 3 aromatic rings. The zero-order valence-electron chi connectivity index (χ0n) is 16.8. The molecule has 0 spiro atoms. The number of aromatic nitrogens is 1. The molecule has 0 atom stereocenters. The van der Waals surface area contributed by atoms with Gasteiger partial charge in [-0.2, -0.15) is 4.31 Å². The van der Waals surface area contributed by atoms with Crippen molar-refractivity contribution in [2.24, 2.45) is 0 Å². The Morgan fingerprint density at radius 1 is 1.13 bits per heavy atom. The van der Waals surface area contributed by atoms with E-state index in [1.807, 2.05) is 13.0 Å². The van der Waals surface area contributed by atoms with Crippen LogP contribution in [0.25, 0.3) is 10.2 Å². The van der Waals surface area contributed by atoms with Crippen LogP contribution < -0.4 is 10.2 Å². The summed E-state index contributed by atoms with van der Waals surface area (Å²) < 4.78 is 29.9. The molecule has 9 heteroatoms. The van der Waals surface area contributed by atoms with Gasteiger partial charge in [0.05, 0.1) is 15.1 Å². The van der Waals surface area contributed by atoms with Crippen LogP contribution >= 0.6 is 11.3 Å². The first-order valence-corrected chi connectivity index (χ1v) is 12.1. The second kappa shape index (κ2) is 7.98. The number of thiazole rings is 1. The summed E-state index contributed by atoms with van der Waals surface area (Å²) in [5.41, 5.74) is 2.28. The minimum atomic E-state index is -3.61. The van der Waals surface area contributed by atoms with Gasteiger partial charge in [0.1, 0.15) is 0 Å². The van der Waals surface area contributed by atoms with E-state index in [-0.39, 0.29) is 15.3 Å². The highest BCUT2D eigenvalue weighted by molar-refractivity contribution is 7.89. The van der Waals surface area contributed by atoms with Crippen LogP contribution in [0.4, 0.5) is 5.69 Å². The second-order valence-corrected chi connectivity index (χ2v) is 10.2. The molecule has 2 heterocycles. The van der Waals surface area contributed by atoms with Gasteiger partial charge in [0.25, 0.3) is 5.91 Å². The Morgan fingerprint density at radius 2 is 1.87 bits per heavy atom. The maximum atomic E-state index is 13.0. The van der Waals surface area contributed by atoms with E-state index >= 15 is 0 Å². The quantitative estimate of drug-likeness (QED) is 0.652. The molecule has 0 saturated carbocycles. The molecule has 7 nitrogen and oxygen atoms in total. The predicted octanol–water partition coefficient (Wildman–Crippen LogP) is 3.43. The van der Waals surface area contributed by atoms with E-state index in [0.29, 0.717) is 30.9 Å². The number of carbonyl (C=O) groups excluding carboxylic acids is 1. The molecule has 1 N–H and O–H groups in total. The molecule has 158 valence electrons. The third-order valence-electron chi connectivity index (χ3n) is 5.38. The van der Waals surface area contributed by atoms with Crippen LogP contribution in [0, 0.1) is 6.92 Å². The molecule has 0 unspecified atom stereocenters. The third kappa shape index (κ3) is 3.68. The molecule has 1 saturated heterocycles. The Bertz CT molecular complexity index is 1290. The van der Waals surface area contributed by atoms with Gasteiger partial charge in [0.2, 0.25) is 10.0 Å². The van der Waals surface area contributed by atoms with E-state index in [1.165, 1.54) is 10.4 Å². The number of benzene rings is 2. The number of sulfonamides is 1. The standard InChI is InChI=1S/C21H23N3O4S2/c1-3-24-17-9-8-16(13-18(17)29-21(24)26)22-20(25)15-7-6-14(2)19(12-15)30(27,28)23-10-4-5-11-23/h6-9,12-13H,3-5,10-11H2,1-2H3,(H,22,25). The number of carbonyl (C=O) groups is 1. The van der Waals surface area contributed by atoms with E-state index in [2.05, 4.69) is 5.32 Å². The average molecular weight is 446 g/mol. The van der Waals surface area contributed by atoms with Gasteiger partial charge >= 0.3 is 4.87 Å². The lowest BCUT2D eigenvalue weighted by Gasteiger charge is -2.18. The number of amides is 1. The van der Waals surface area contributed by atoms with Gasteiger partial charge in [-0.15, -0.1) is 0 Å². The number of aryl methyl sites for hydroxylation is 2. The minimum Gasteiger partial charge on any atom is -0.322 e. The van der Waals surface area contributed by atoms with Crippen molar-refractivity contribution in [2.45, 2.75) is 38.1 Å². The fraction of sp³-hybridized carbons (Fsp3) is 0.333. The summed E-state index contributed by atoms with van der Waals surface area (Å²) in [4.78, 5) is 25.0. The number of rotatable bonds is 5. The SMILES string of the molecule is CCn1c(=O)sc2cc(NC(=O)c3ccc(C)c(S(=O)(=O)N4CCCC4)c3)ccc21. The Kier molecular flexibility index (Phi) is 5.52. The van der Waals surface area contributed by atoms with Gasteiger partial charge < -0.3 is 5.32 Å². The van der Waals surface area contributed by atoms with Crippen molar-refractivity contribution >= 4 is 43.2 Å². The number of fused-ring (bicyclic) bond motifs is 1. The molecular weight excluding hydrogens is 422 g/mol. The van der Waals surface area contributed by atoms with Crippen molar-refractivity contribution in [3.63, 3.8) is 0 Å². The first-order chi connectivity index (χ1) is 14.3. The van der Waals surface area contributed by atoms with Crippen LogP contribution in [0.3, 0.4) is 0 Å². The highest BCUT2D eigenvalue weighted by atomic mass is 32.2. The van der Waals surface area contributed by atoms with Gasteiger partial charge in [-0.3, -0.25) is 14.2 Å².